The SMILES string of the molecule is Cc1ncc(Nc2nc(N[C@@H]3CC4CC4C[C@@H]3NC(=O)O)c(F)cc2C(N)=O)cc1-n1nccn1. The highest BCUT2D eigenvalue weighted by atomic mass is 19.1. The van der Waals surface area contributed by atoms with Gasteiger partial charge in [0.05, 0.1) is 41.6 Å². The van der Waals surface area contributed by atoms with Crippen LogP contribution in [-0.4, -0.2) is 54.2 Å². The van der Waals surface area contributed by atoms with Crippen molar-refractivity contribution in [2.45, 2.75) is 38.3 Å². The topological polar surface area (TPSA) is 173 Å². The molecular weight excluding hydrogens is 457 g/mol. The molecule has 12 nitrogen and oxygen atoms in total. The average Bonchev–Trinajstić information content (AvgIpc) is 3.33. The minimum Gasteiger partial charge on any atom is -0.465 e. The standard InChI is InChI=1S/C22H24FN9O3/c1-10-18(32-26-2-3-27-32)7-13(9-25-10)28-20-14(19(24)33)8-15(23)21(31-20)29-16-5-11-4-12(11)6-17(16)30-22(34)35/h2-3,7-9,11-12,16-17,30H,4-6H2,1H3,(H2,24,33)(H,34,35)(H2,28,29,31)/t11?,12?,16-,17+/m1/s1. The summed E-state index contributed by atoms with van der Waals surface area (Å²) in [5.41, 5.74) is 7.07. The Morgan fingerprint density at radius 2 is 1.83 bits per heavy atom. The van der Waals surface area contributed by atoms with Gasteiger partial charge in [0.1, 0.15) is 11.5 Å². The van der Waals surface area contributed by atoms with E-state index in [-0.39, 0.29) is 29.3 Å². The first kappa shape index (κ1) is 22.5. The number of fused-ring (bicyclic) bond motifs is 1. The van der Waals surface area contributed by atoms with E-state index < -0.39 is 17.8 Å². The van der Waals surface area contributed by atoms with Gasteiger partial charge in [0, 0.05) is 6.04 Å². The first-order valence-corrected chi connectivity index (χ1v) is 11.1. The molecule has 0 spiro atoms. The molecule has 35 heavy (non-hydrogen) atoms. The van der Waals surface area contributed by atoms with Crippen LogP contribution >= 0.6 is 0 Å². The largest absolute Gasteiger partial charge is 0.465 e. The number of nitrogens with two attached hydrogens (primary N) is 1. The lowest BCUT2D eigenvalue weighted by Gasteiger charge is -2.32. The molecule has 182 valence electrons. The van der Waals surface area contributed by atoms with Gasteiger partial charge in [-0.1, -0.05) is 0 Å². The first-order chi connectivity index (χ1) is 16.8. The summed E-state index contributed by atoms with van der Waals surface area (Å²) in [7, 11) is 0. The zero-order valence-corrected chi connectivity index (χ0v) is 18.8. The predicted octanol–water partition coefficient (Wildman–Crippen LogP) is 2.19. The van der Waals surface area contributed by atoms with Gasteiger partial charge >= 0.3 is 6.09 Å². The minimum absolute atomic E-state index is 0.0364. The fourth-order valence-electron chi connectivity index (χ4n) is 4.66. The number of pyridine rings is 2. The van der Waals surface area contributed by atoms with Crippen LogP contribution in [0.1, 0.15) is 35.3 Å². The Kier molecular flexibility index (Phi) is 5.67. The zero-order valence-electron chi connectivity index (χ0n) is 18.8. The summed E-state index contributed by atoms with van der Waals surface area (Å²) in [6.45, 7) is 1.80. The Hall–Kier alpha value is -4.29. The highest BCUT2D eigenvalue weighted by Gasteiger charge is 2.47. The fraction of sp³-hybridized carbons (Fsp3) is 0.364. The highest BCUT2D eigenvalue weighted by Crippen LogP contribution is 2.50. The number of hydrogen-bond acceptors (Lipinski definition) is 8. The van der Waals surface area contributed by atoms with Crippen molar-refractivity contribution in [1.82, 2.24) is 30.3 Å². The van der Waals surface area contributed by atoms with Crippen LogP contribution in [0.5, 0.6) is 0 Å². The third-order valence-electron chi connectivity index (χ3n) is 6.50. The van der Waals surface area contributed by atoms with Gasteiger partial charge < -0.3 is 26.8 Å². The molecule has 3 aromatic rings. The van der Waals surface area contributed by atoms with E-state index in [0.717, 1.165) is 12.5 Å². The number of amides is 2. The highest BCUT2D eigenvalue weighted by molar-refractivity contribution is 5.98. The number of carboxylic acid groups (broad SMARTS) is 1. The van der Waals surface area contributed by atoms with Gasteiger partial charge in [0.2, 0.25) is 0 Å². The molecule has 3 heterocycles. The first-order valence-electron chi connectivity index (χ1n) is 11.1. The van der Waals surface area contributed by atoms with E-state index in [1.807, 2.05) is 0 Å². The van der Waals surface area contributed by atoms with Gasteiger partial charge in [-0.25, -0.2) is 14.2 Å². The number of aromatic nitrogens is 5. The molecular formula is C22H24FN9O3. The lowest BCUT2D eigenvalue weighted by molar-refractivity contribution is 0.1000. The number of halogens is 1. The van der Waals surface area contributed by atoms with E-state index in [2.05, 4.69) is 36.1 Å². The summed E-state index contributed by atoms with van der Waals surface area (Å²) in [6.07, 6.45) is 5.88. The maximum Gasteiger partial charge on any atom is 0.404 e. The van der Waals surface area contributed by atoms with Crippen LogP contribution in [0.4, 0.5) is 26.5 Å². The van der Waals surface area contributed by atoms with E-state index in [4.69, 9.17) is 5.73 Å². The van der Waals surface area contributed by atoms with E-state index in [1.165, 1.54) is 23.4 Å². The van der Waals surface area contributed by atoms with E-state index in [9.17, 15) is 19.1 Å². The quantitative estimate of drug-likeness (QED) is 0.339. The lowest BCUT2D eigenvalue weighted by atomic mass is 9.90. The molecule has 0 aliphatic heterocycles. The Balaban J connectivity index is 1.45. The summed E-state index contributed by atoms with van der Waals surface area (Å²) in [4.78, 5) is 33.3. The van der Waals surface area contributed by atoms with Crippen molar-refractivity contribution < 1.29 is 19.1 Å². The molecule has 2 saturated carbocycles. The summed E-state index contributed by atoms with van der Waals surface area (Å²) in [5, 5.41) is 26.0. The Bertz CT molecular complexity index is 1280. The second kappa shape index (κ2) is 8.81. The molecule has 2 amide bonds. The second-order valence-corrected chi connectivity index (χ2v) is 8.89. The normalized spacial score (nSPS) is 22.7. The number of carbonyl (C=O) groups is 2. The van der Waals surface area contributed by atoms with Gasteiger partial charge in [-0.3, -0.25) is 9.78 Å². The van der Waals surface area contributed by atoms with Gasteiger partial charge in [-0.05, 0) is 50.2 Å². The summed E-state index contributed by atoms with van der Waals surface area (Å²) in [6, 6.07) is 2.00. The number of nitrogens with one attached hydrogen (secondary N) is 3. The van der Waals surface area contributed by atoms with Crippen molar-refractivity contribution in [3.63, 3.8) is 0 Å². The number of aryl methyl sites for hydroxylation is 1. The lowest BCUT2D eigenvalue weighted by Crippen LogP contribution is -2.49. The van der Waals surface area contributed by atoms with Crippen molar-refractivity contribution >= 4 is 29.3 Å². The van der Waals surface area contributed by atoms with Crippen molar-refractivity contribution in [3.8, 4) is 5.69 Å². The zero-order chi connectivity index (χ0) is 24.7. The van der Waals surface area contributed by atoms with Crippen molar-refractivity contribution in [2.24, 2.45) is 17.6 Å². The predicted molar refractivity (Wildman–Crippen MR) is 123 cm³/mol. The molecule has 3 aromatic heterocycles. The number of hydrogen-bond donors (Lipinski definition) is 5. The van der Waals surface area contributed by atoms with E-state index in [0.29, 0.717) is 41.7 Å². The Labute approximate surface area is 199 Å². The third-order valence-corrected chi connectivity index (χ3v) is 6.50. The number of nitrogens with zero attached hydrogens (tertiary/aromatic N) is 5. The van der Waals surface area contributed by atoms with Gasteiger partial charge in [-0.2, -0.15) is 10.2 Å². The van der Waals surface area contributed by atoms with Crippen molar-refractivity contribution in [3.05, 3.63) is 47.8 Å². The maximum absolute atomic E-state index is 15.0. The average molecular weight is 481 g/mol. The molecule has 0 radical (unpaired) electrons. The molecule has 2 fully saturated rings. The number of anilines is 3. The number of rotatable bonds is 7. The van der Waals surface area contributed by atoms with Crippen molar-refractivity contribution in [1.29, 1.82) is 0 Å². The van der Waals surface area contributed by atoms with E-state index >= 15 is 0 Å². The molecule has 5 rings (SSSR count). The smallest absolute Gasteiger partial charge is 0.404 e. The Morgan fingerprint density at radius 3 is 2.51 bits per heavy atom. The molecule has 0 saturated heterocycles. The van der Waals surface area contributed by atoms with Gasteiger partial charge in [0.25, 0.3) is 5.91 Å². The monoisotopic (exact) mass is 481 g/mol. The molecule has 4 atom stereocenters. The number of primary amides is 1. The van der Waals surface area contributed by atoms with Crippen LogP contribution in [0.15, 0.2) is 30.7 Å². The molecule has 2 aliphatic carbocycles. The fourth-order valence-corrected chi connectivity index (χ4v) is 4.66. The molecule has 2 unspecified atom stereocenters. The van der Waals surface area contributed by atoms with Crippen LogP contribution < -0.4 is 21.7 Å². The molecule has 6 N–H and O–H groups in total. The summed E-state index contributed by atoms with van der Waals surface area (Å²) in [5.74, 6) is -0.715. The van der Waals surface area contributed by atoms with Gasteiger partial charge in [0.15, 0.2) is 11.6 Å². The Morgan fingerprint density at radius 1 is 1.11 bits per heavy atom. The molecule has 0 bridgehead atoms. The maximum atomic E-state index is 15.0. The van der Waals surface area contributed by atoms with Crippen molar-refractivity contribution in [2.75, 3.05) is 10.6 Å². The minimum atomic E-state index is -1.13. The summed E-state index contributed by atoms with van der Waals surface area (Å²) >= 11 is 0. The van der Waals surface area contributed by atoms with Crippen LogP contribution in [0, 0.1) is 24.6 Å². The van der Waals surface area contributed by atoms with Crippen LogP contribution in [0.25, 0.3) is 5.69 Å². The van der Waals surface area contributed by atoms with Crippen LogP contribution in [-0.2, 0) is 0 Å². The van der Waals surface area contributed by atoms with E-state index in [1.54, 1.807) is 13.0 Å². The third kappa shape index (κ3) is 4.69. The molecule has 2 aliphatic rings. The summed E-state index contributed by atoms with van der Waals surface area (Å²) < 4.78 is 15.0. The van der Waals surface area contributed by atoms with Gasteiger partial charge in [-0.15, -0.1) is 4.80 Å². The molecule has 0 aromatic carbocycles. The second-order valence-electron chi connectivity index (χ2n) is 8.89. The number of carbonyl (C=O) groups excluding carboxylic acids is 1. The van der Waals surface area contributed by atoms with Crippen LogP contribution in [0.2, 0.25) is 0 Å². The molecule has 13 heteroatoms. The van der Waals surface area contributed by atoms with Crippen LogP contribution in [0.3, 0.4) is 0 Å².